The number of para-hydroxylation sites is 1. The number of aliphatic hydroxyl groups excluding tert-OH is 2. The van der Waals surface area contributed by atoms with Crippen LogP contribution in [0.1, 0.15) is 127 Å². The van der Waals surface area contributed by atoms with E-state index in [1.54, 1.807) is 60.1 Å². The highest BCUT2D eigenvalue weighted by Gasteiger charge is 2.47. The maximum atomic E-state index is 15.7. The number of H-pyrrole nitrogens is 2. The van der Waals surface area contributed by atoms with Crippen LogP contribution in [0.5, 0.6) is 5.75 Å². The van der Waals surface area contributed by atoms with E-state index in [-0.39, 0.29) is 75.9 Å². The second kappa shape index (κ2) is 49.4. The number of hydrogen-bond donors (Lipinski definition) is 19. The van der Waals surface area contributed by atoms with Crippen molar-refractivity contribution >= 4 is 150 Å². The van der Waals surface area contributed by atoms with Gasteiger partial charge in [-0.05, 0) is 104 Å². The fraction of sp³-hybridized carbons (Fsp3) is 0.511. The number of primary amides is 2. The Hall–Kier alpha value is -13.1. The molecule has 45 heteroatoms. The highest BCUT2D eigenvalue weighted by molar-refractivity contribution is 8.00. The van der Waals surface area contributed by atoms with Crippen LogP contribution in [0.2, 0.25) is 0 Å². The van der Waals surface area contributed by atoms with Gasteiger partial charge in [-0.15, -0.1) is 23.1 Å². The van der Waals surface area contributed by atoms with Crippen LogP contribution in [0.25, 0.3) is 21.0 Å². The molecule has 15 atom stereocenters. The molecule has 3 aliphatic rings. The van der Waals surface area contributed by atoms with Gasteiger partial charge in [-0.3, -0.25) is 86.3 Å². The van der Waals surface area contributed by atoms with Gasteiger partial charge in [0.05, 0.1) is 37.8 Å². The average Bonchev–Trinajstić information content (AvgIpc) is 1.66. The maximum absolute atomic E-state index is 15.7. The van der Waals surface area contributed by atoms with E-state index in [0.29, 0.717) is 58.7 Å². The van der Waals surface area contributed by atoms with Crippen LogP contribution < -0.4 is 70.4 Å². The number of likely N-dealkylation sites (N-methyl/N-ethyl adjacent to an activating group) is 3. The van der Waals surface area contributed by atoms with Crippen molar-refractivity contribution in [2.45, 2.75) is 221 Å². The monoisotopic (exact) mass is 1890 g/mol. The summed E-state index contributed by atoms with van der Waals surface area (Å²) in [6.07, 6.45) is 0.0108. The van der Waals surface area contributed by atoms with E-state index in [0.717, 1.165) is 41.0 Å². The molecule has 0 saturated carbocycles. The Morgan fingerprint density at radius 1 is 0.564 bits per heavy atom. The molecule has 3 aromatic heterocycles. The van der Waals surface area contributed by atoms with Crippen molar-refractivity contribution in [3.05, 3.63) is 119 Å². The SMILES string of the molecule is CCCC[C@H]1C(=O)N(C)[C@@H](CCCC)C(=O)N[C@@H](CCN)C(=O)N[C@H](C(=O)NCC(N)=O)CSCC(=O)N[C@@H](Cc2ccc(O)cc2)C(=O)N(C)[C@@H](C)C(=O)N[C@@H](CC(N)=O)C(=O)N2CCC[C@H]2C(=O)N[C@@H](Cc2cnc[nH]2)C(=O)N[C@@H](CCC(=O)O)C(=O)N2C[C@H](O)C[C@H]2C(=O)N[C@@H](Cc2csc3ccccc23)C(=O)N[C@@H](CO)C(=O)N[C@@H](Cc2c[nH]c3ccccc23)C(=O)N1C. The first kappa shape index (κ1) is 104. The first-order valence-electron chi connectivity index (χ1n) is 44.0. The molecule has 3 saturated heterocycles. The second-order valence-electron chi connectivity index (χ2n) is 33.3. The summed E-state index contributed by atoms with van der Waals surface area (Å²) in [5.74, 6) is -19.5. The van der Waals surface area contributed by atoms with Crippen LogP contribution >= 0.6 is 23.1 Å². The summed E-state index contributed by atoms with van der Waals surface area (Å²) >= 11 is 2.05. The molecule has 0 spiro atoms. The van der Waals surface area contributed by atoms with Gasteiger partial charge >= 0.3 is 5.97 Å². The number of phenolic OH excluding ortho intramolecular Hbond substituents is 1. The lowest BCUT2D eigenvalue weighted by Crippen LogP contribution is -2.62. The van der Waals surface area contributed by atoms with Crippen molar-refractivity contribution in [2.24, 2.45) is 17.2 Å². The van der Waals surface area contributed by atoms with Gasteiger partial charge in [-0.2, -0.15) is 0 Å². The van der Waals surface area contributed by atoms with Crippen molar-refractivity contribution in [2.75, 3.05) is 65.4 Å². The smallest absolute Gasteiger partial charge is 0.303 e. The van der Waals surface area contributed by atoms with E-state index in [2.05, 4.69) is 68.1 Å². The summed E-state index contributed by atoms with van der Waals surface area (Å²) in [7, 11) is 3.86. The van der Waals surface area contributed by atoms with Crippen LogP contribution in [0, 0.1) is 0 Å². The molecule has 133 heavy (non-hydrogen) atoms. The second-order valence-corrected chi connectivity index (χ2v) is 35.2. The Kier molecular flexibility index (Phi) is 38.5. The van der Waals surface area contributed by atoms with Crippen molar-refractivity contribution < 1.29 is 107 Å². The third kappa shape index (κ3) is 28.4. The van der Waals surface area contributed by atoms with E-state index >= 15 is 38.4 Å². The van der Waals surface area contributed by atoms with Gasteiger partial charge in [0.1, 0.15) is 90.3 Å². The minimum absolute atomic E-state index is 0.0117. The summed E-state index contributed by atoms with van der Waals surface area (Å²) in [6, 6.07) is -3.08. The van der Waals surface area contributed by atoms with Gasteiger partial charge in [0.15, 0.2) is 0 Å². The van der Waals surface area contributed by atoms with E-state index in [9.17, 15) is 68.4 Å². The molecule has 0 unspecified atom stereocenters. The van der Waals surface area contributed by atoms with Crippen LogP contribution in [0.3, 0.4) is 0 Å². The van der Waals surface area contributed by atoms with E-state index < -0.39 is 260 Å². The Balaban J connectivity index is 1.09. The number of amides is 17. The number of carboxylic acids is 1. The van der Waals surface area contributed by atoms with Crippen molar-refractivity contribution in [1.29, 1.82) is 0 Å². The third-order valence-corrected chi connectivity index (χ3v) is 25.7. The topological polar surface area (TPSA) is 647 Å². The molecule has 6 aromatic rings. The fourth-order valence-corrected chi connectivity index (χ4v) is 18.0. The number of thiophene rings is 1. The largest absolute Gasteiger partial charge is 0.508 e. The van der Waals surface area contributed by atoms with Gasteiger partial charge in [0, 0.05) is 112 Å². The minimum atomic E-state index is -1.92. The number of hydrogen-bond acceptors (Lipinski definition) is 25. The zero-order valence-electron chi connectivity index (χ0n) is 74.7. The lowest BCUT2D eigenvalue weighted by molar-refractivity contribution is -0.149. The number of imidazole rings is 1. The van der Waals surface area contributed by atoms with Gasteiger partial charge < -0.3 is 125 Å². The third-order valence-electron chi connectivity index (χ3n) is 23.6. The number of carboxylic acid groups (broad SMARTS) is 1. The number of unbranched alkanes of at least 4 members (excludes halogenated alkanes) is 2. The summed E-state index contributed by atoms with van der Waals surface area (Å²) in [6.45, 7) is 2.05. The van der Waals surface area contributed by atoms with Gasteiger partial charge in [-0.25, -0.2) is 4.98 Å². The van der Waals surface area contributed by atoms with Crippen LogP contribution in [-0.2, 0) is 112 Å². The van der Waals surface area contributed by atoms with Gasteiger partial charge in [0.25, 0.3) is 0 Å². The highest BCUT2D eigenvalue weighted by atomic mass is 32.2. The van der Waals surface area contributed by atoms with Crippen LogP contribution in [0.4, 0.5) is 0 Å². The van der Waals surface area contributed by atoms with E-state index in [1.807, 2.05) is 13.8 Å². The standard InChI is InChI=1S/C88H119N21O22S2/c1-7-9-19-66-81(124)97-57(29-30-89)77(120)104-65(76(119)94-40-72(91)114)44-132-45-73(115)96-61(32-48-23-25-52(111)26-24-48)84(127)105(4)47(3)75(118)101-63(37-71(90)113)87(130)108-31-15-21-67(108)82(125)100-60(35-51-39-92-46-95-51)79(122)98-58(27-28-74(116)117)86(129)109-41-53(112)36-69(109)83(126)99-59(34-50-43-133-70-22-14-12-17-55(50)70)78(121)103-64(42-110)80(123)102-62(33-49-38-93-56-18-13-11-16-54(49)56)85(128)107(6)68(20-10-8-2)88(131)106(66)5/h11-14,16-18,22-26,38-39,43,46-47,53,57-69,93,110-112H,7-10,15,19-21,27-37,40-42,44-45,89H2,1-6H3,(H2,90,113)(H2,91,114)(H,92,95)(H,94,119)(H,96,115)(H,97,124)(H,98,122)(H,99,126)(H,100,125)(H,101,118)(H,102,123)(H,103,121)(H,104,120)(H,116,117)/t47-,53+,57-,58-,59-,60-,61-,62-,63-,64-,65-,66-,67-,68-,69-/m0/s1. The molecule has 3 aromatic carbocycles. The first-order valence-corrected chi connectivity index (χ1v) is 46.0. The molecular formula is C88H119N21O22S2. The number of nitrogens with one attached hydrogen (secondary N) is 12. The van der Waals surface area contributed by atoms with Crippen molar-refractivity contribution in [1.82, 2.24) is 92.6 Å². The van der Waals surface area contributed by atoms with E-state index in [1.165, 1.54) is 76.2 Å². The predicted octanol–water partition coefficient (Wildman–Crippen LogP) is -3.29. The number of aromatic amines is 2. The van der Waals surface area contributed by atoms with Crippen molar-refractivity contribution in [3.8, 4) is 5.75 Å². The molecule has 6 heterocycles. The maximum Gasteiger partial charge on any atom is 0.303 e. The lowest BCUT2D eigenvalue weighted by Gasteiger charge is -2.36. The molecule has 3 fully saturated rings. The molecule has 720 valence electrons. The van der Waals surface area contributed by atoms with Crippen LogP contribution in [0.15, 0.2) is 96.9 Å². The zero-order valence-corrected chi connectivity index (χ0v) is 76.4. The fourth-order valence-electron chi connectivity index (χ4n) is 16.1. The minimum Gasteiger partial charge on any atom is -0.508 e. The first-order chi connectivity index (χ1) is 63.4. The molecule has 0 bridgehead atoms. The normalized spacial score (nSPS) is 24.9. The molecule has 43 nitrogen and oxygen atoms in total. The summed E-state index contributed by atoms with van der Waals surface area (Å²) in [5.41, 5.74) is 19.4. The molecule has 3 aliphatic heterocycles. The number of carbonyl (C=O) groups excluding carboxylic acids is 17. The number of benzene rings is 3. The molecule has 22 N–H and O–H groups in total. The molecule has 0 aliphatic carbocycles. The summed E-state index contributed by atoms with van der Waals surface area (Å²) < 4.78 is 0.761. The number of aromatic hydroxyl groups is 1. The summed E-state index contributed by atoms with van der Waals surface area (Å²) in [4.78, 5) is 276. The number of carbonyl (C=O) groups is 18. The molecule has 0 radical (unpaired) electrons. The number of rotatable bonds is 25. The molecular weight excluding hydrogens is 1770 g/mol. The average molecular weight is 1890 g/mol. The highest BCUT2D eigenvalue weighted by Crippen LogP contribution is 2.30. The van der Waals surface area contributed by atoms with E-state index in [4.69, 9.17) is 17.2 Å². The van der Waals surface area contributed by atoms with Crippen LogP contribution in [-0.4, -0.2) is 322 Å². The number of phenols is 1. The van der Waals surface area contributed by atoms with Gasteiger partial charge in [0.2, 0.25) is 100 Å². The number of nitrogens with zero attached hydrogens (tertiary/aromatic N) is 6. The predicted molar refractivity (Wildman–Crippen MR) is 485 cm³/mol. The Bertz CT molecular complexity index is 5170. The Morgan fingerprint density at radius 2 is 1.14 bits per heavy atom. The quantitative estimate of drug-likeness (QED) is 0.0267. The summed E-state index contributed by atoms with van der Waals surface area (Å²) in [5, 5.41) is 71.7. The number of aliphatic hydroxyl groups is 2. The number of aromatic nitrogens is 3. The lowest BCUT2D eigenvalue weighted by atomic mass is 10.00. The number of nitrogens with two attached hydrogens (primary N) is 3. The van der Waals surface area contributed by atoms with Gasteiger partial charge in [-0.1, -0.05) is 88.1 Å². The number of thioether (sulfide) groups is 1. The number of fused-ring (bicyclic) bond motifs is 4. The Labute approximate surface area is 774 Å². The zero-order chi connectivity index (χ0) is 97.0. The number of aliphatic carboxylic acids is 1. The Morgan fingerprint density at radius 3 is 1.80 bits per heavy atom. The molecule has 9 rings (SSSR count). The molecule has 17 amide bonds. The van der Waals surface area contributed by atoms with Crippen molar-refractivity contribution in [3.63, 3.8) is 0 Å².